The monoisotopic (exact) mass is 233 g/mol. The minimum Gasteiger partial charge on any atom is -0.663 e. The molecule has 0 saturated heterocycles. The molecule has 0 unspecified atom stereocenters. The van der Waals surface area contributed by atoms with Gasteiger partial charge in [-0.1, -0.05) is 24.3 Å². The second kappa shape index (κ2) is 3.97. The van der Waals surface area contributed by atoms with Crippen molar-refractivity contribution in [3.63, 3.8) is 0 Å². The molecule has 1 aromatic carbocycles. The van der Waals surface area contributed by atoms with Crippen LogP contribution in [0.4, 0.5) is 0 Å². The molecule has 0 N–H and O–H groups in total. The Kier molecular flexibility index (Phi) is 3.18. The van der Waals surface area contributed by atoms with Gasteiger partial charge in [0.05, 0.1) is 0 Å². The van der Waals surface area contributed by atoms with Crippen LogP contribution in [0.3, 0.4) is 0 Å². The Morgan fingerprint density at radius 1 is 1.25 bits per heavy atom. The second-order valence-corrected chi connectivity index (χ2v) is 2.35. The fourth-order valence-electron chi connectivity index (χ4n) is 1.13. The summed E-state index contributed by atoms with van der Waals surface area (Å²) >= 11 is 0. The number of carbonyl (C=O) groups is 1. The van der Waals surface area contributed by atoms with Gasteiger partial charge < -0.3 is 4.98 Å². The van der Waals surface area contributed by atoms with Crippen LogP contribution < -0.4 is 4.98 Å². The number of hydrogen-bond acceptors (Lipinski definition) is 1. The first-order chi connectivity index (χ1) is 5.42. The van der Waals surface area contributed by atoms with E-state index in [0.29, 0.717) is 5.56 Å². The second-order valence-electron chi connectivity index (χ2n) is 2.35. The molecule has 0 aliphatic carbocycles. The molecular formula is C9H6NOY-. The molecular weight excluding hydrogens is 227 g/mol. The minimum absolute atomic E-state index is 0. The van der Waals surface area contributed by atoms with Gasteiger partial charge in [-0.25, -0.2) is 0 Å². The van der Waals surface area contributed by atoms with Gasteiger partial charge in [0.1, 0.15) is 6.29 Å². The third-order valence-corrected chi connectivity index (χ3v) is 1.68. The van der Waals surface area contributed by atoms with Crippen molar-refractivity contribution in [3.8, 4) is 0 Å². The molecule has 1 aromatic heterocycles. The van der Waals surface area contributed by atoms with Crippen LogP contribution in [-0.2, 0) is 32.7 Å². The van der Waals surface area contributed by atoms with Crippen molar-refractivity contribution in [1.82, 2.24) is 4.98 Å². The number of nitrogens with zero attached hydrogens (tertiary/aromatic N) is 1. The normalized spacial score (nSPS) is 9.33. The molecule has 0 atom stereocenters. The summed E-state index contributed by atoms with van der Waals surface area (Å²) in [6.45, 7) is 0. The predicted molar refractivity (Wildman–Crippen MR) is 42.7 cm³/mol. The van der Waals surface area contributed by atoms with E-state index in [1.165, 1.54) is 0 Å². The third kappa shape index (κ3) is 1.50. The topological polar surface area (TPSA) is 31.2 Å². The Labute approximate surface area is 95.2 Å². The van der Waals surface area contributed by atoms with E-state index in [-0.39, 0.29) is 32.7 Å². The molecule has 2 rings (SSSR count). The smallest absolute Gasteiger partial charge is 0.148 e. The fraction of sp³-hybridized carbons (Fsp3) is 0. The fourth-order valence-corrected chi connectivity index (χ4v) is 1.13. The molecule has 0 amide bonds. The average Bonchev–Trinajstić information content (AvgIpc) is 2.47. The molecule has 2 aromatic rings. The van der Waals surface area contributed by atoms with E-state index in [2.05, 4.69) is 4.98 Å². The van der Waals surface area contributed by atoms with Crippen molar-refractivity contribution < 1.29 is 37.5 Å². The van der Waals surface area contributed by atoms with Gasteiger partial charge in [-0.05, 0) is 10.9 Å². The van der Waals surface area contributed by atoms with Crippen LogP contribution in [0.5, 0.6) is 0 Å². The summed E-state index contributed by atoms with van der Waals surface area (Å²) in [5, 5.41) is 0.933. The van der Waals surface area contributed by atoms with Crippen LogP contribution in [-0.4, -0.2) is 6.29 Å². The maximum absolute atomic E-state index is 10.4. The Morgan fingerprint density at radius 3 is 2.75 bits per heavy atom. The summed E-state index contributed by atoms with van der Waals surface area (Å²) in [7, 11) is 0. The van der Waals surface area contributed by atoms with Crippen molar-refractivity contribution in [2.75, 3.05) is 0 Å². The van der Waals surface area contributed by atoms with Crippen molar-refractivity contribution in [1.29, 1.82) is 0 Å². The van der Waals surface area contributed by atoms with Gasteiger partial charge in [-0.15, -0.1) is 5.52 Å². The largest absolute Gasteiger partial charge is 0.663 e. The zero-order valence-corrected chi connectivity index (χ0v) is 9.24. The zero-order valence-electron chi connectivity index (χ0n) is 6.40. The van der Waals surface area contributed by atoms with Crippen molar-refractivity contribution in [3.05, 3.63) is 36.0 Å². The number of para-hydroxylation sites is 1. The maximum atomic E-state index is 10.4. The van der Waals surface area contributed by atoms with E-state index >= 15 is 0 Å². The molecule has 0 fully saturated rings. The maximum Gasteiger partial charge on any atom is 0.148 e. The molecule has 1 heterocycles. The van der Waals surface area contributed by atoms with Gasteiger partial charge in [-0.2, -0.15) is 6.20 Å². The number of hydrogen-bond donors (Lipinski definition) is 0. The third-order valence-electron chi connectivity index (χ3n) is 1.68. The first kappa shape index (κ1) is 9.62. The van der Waals surface area contributed by atoms with Crippen LogP contribution in [0.25, 0.3) is 10.9 Å². The SMILES string of the molecule is O=Cc1c[n-]c2ccccc12.[Y]. The molecule has 12 heavy (non-hydrogen) atoms. The Morgan fingerprint density at radius 2 is 2.00 bits per heavy atom. The van der Waals surface area contributed by atoms with E-state index in [9.17, 15) is 4.79 Å². The Hall–Kier alpha value is -0.466. The van der Waals surface area contributed by atoms with E-state index in [0.717, 1.165) is 17.2 Å². The number of aldehydes is 1. The molecule has 0 aliphatic heterocycles. The van der Waals surface area contributed by atoms with E-state index in [4.69, 9.17) is 0 Å². The zero-order chi connectivity index (χ0) is 7.68. The first-order valence-electron chi connectivity index (χ1n) is 3.37. The quantitative estimate of drug-likeness (QED) is 0.700. The van der Waals surface area contributed by atoms with Crippen LogP contribution in [0.15, 0.2) is 30.5 Å². The summed E-state index contributed by atoms with van der Waals surface area (Å²) in [5.41, 5.74) is 1.55. The van der Waals surface area contributed by atoms with Gasteiger partial charge in [0.15, 0.2) is 0 Å². The molecule has 0 spiro atoms. The Balaban J connectivity index is 0.000000720. The molecule has 0 saturated carbocycles. The number of fused-ring (bicyclic) bond motifs is 1. The standard InChI is InChI=1S/C9H7NO.Y/c11-6-7-5-10-9-4-2-1-3-8(7)9;/h1-6H,(H,10,11);/p-1. The predicted octanol–water partition coefficient (Wildman–Crippen LogP) is 1.61. The van der Waals surface area contributed by atoms with Crippen LogP contribution in [0.1, 0.15) is 10.4 Å². The van der Waals surface area contributed by atoms with E-state index in [1.807, 2.05) is 24.3 Å². The molecule has 57 valence electrons. The molecule has 2 nitrogen and oxygen atoms in total. The van der Waals surface area contributed by atoms with Crippen LogP contribution in [0.2, 0.25) is 0 Å². The van der Waals surface area contributed by atoms with Gasteiger partial charge in [0.25, 0.3) is 0 Å². The van der Waals surface area contributed by atoms with E-state index < -0.39 is 0 Å². The van der Waals surface area contributed by atoms with Crippen molar-refractivity contribution in [2.24, 2.45) is 0 Å². The minimum atomic E-state index is 0. The van der Waals surface area contributed by atoms with Gasteiger partial charge in [-0.3, -0.25) is 4.79 Å². The van der Waals surface area contributed by atoms with Crippen molar-refractivity contribution >= 4 is 17.2 Å². The molecule has 1 radical (unpaired) electrons. The average molecular weight is 233 g/mol. The number of rotatable bonds is 1. The van der Waals surface area contributed by atoms with Crippen LogP contribution in [0, 0.1) is 0 Å². The summed E-state index contributed by atoms with van der Waals surface area (Å²) in [5.74, 6) is 0. The van der Waals surface area contributed by atoms with Gasteiger partial charge in [0.2, 0.25) is 0 Å². The summed E-state index contributed by atoms with van der Waals surface area (Å²) in [6, 6.07) is 7.59. The summed E-state index contributed by atoms with van der Waals surface area (Å²) in [6.07, 6.45) is 2.42. The number of carbonyl (C=O) groups excluding carboxylic acids is 1. The molecule has 0 aliphatic rings. The number of aromatic nitrogens is 1. The summed E-state index contributed by atoms with van der Waals surface area (Å²) < 4.78 is 0. The van der Waals surface area contributed by atoms with Crippen molar-refractivity contribution in [2.45, 2.75) is 0 Å². The molecule has 0 bridgehead atoms. The first-order valence-corrected chi connectivity index (χ1v) is 3.37. The number of benzene rings is 1. The van der Waals surface area contributed by atoms with Crippen LogP contribution >= 0.6 is 0 Å². The van der Waals surface area contributed by atoms with Gasteiger partial charge >= 0.3 is 0 Å². The van der Waals surface area contributed by atoms with Gasteiger partial charge in [0, 0.05) is 32.7 Å². The van der Waals surface area contributed by atoms with E-state index in [1.54, 1.807) is 6.20 Å². The summed E-state index contributed by atoms with van der Waals surface area (Å²) in [4.78, 5) is 14.5. The molecule has 3 heteroatoms. The Bertz CT molecular complexity index is 394.